The van der Waals surface area contributed by atoms with Crippen LogP contribution in [0.15, 0.2) is 42.5 Å². The second-order valence-electron chi connectivity index (χ2n) is 6.83. The van der Waals surface area contributed by atoms with Gasteiger partial charge in [0.2, 0.25) is 0 Å². The van der Waals surface area contributed by atoms with Gasteiger partial charge >= 0.3 is 12.0 Å². The van der Waals surface area contributed by atoms with Gasteiger partial charge in [-0.05, 0) is 42.0 Å². The predicted octanol–water partition coefficient (Wildman–Crippen LogP) is 3.62. The quantitative estimate of drug-likeness (QED) is 0.893. The number of amides is 2. The maximum atomic E-state index is 12.5. The molecule has 0 saturated heterocycles. The molecule has 3 rings (SSSR count). The summed E-state index contributed by atoms with van der Waals surface area (Å²) in [4.78, 5) is 25.2. The average molecular weight is 340 g/mol. The molecule has 1 aliphatic rings. The van der Waals surface area contributed by atoms with E-state index in [0.717, 1.165) is 23.8 Å². The summed E-state index contributed by atoms with van der Waals surface area (Å²) >= 11 is 0. The Labute approximate surface area is 147 Å². The zero-order valence-electron chi connectivity index (χ0n) is 14.4. The summed E-state index contributed by atoms with van der Waals surface area (Å²) < 4.78 is 0. The number of carbonyl (C=O) groups is 2. The number of carboxylic acid groups (broad SMARTS) is 1. The number of carbonyl (C=O) groups excluding carboxylic acids is 1. The van der Waals surface area contributed by atoms with Crippen molar-refractivity contribution in [3.8, 4) is 0 Å². The number of fused-ring (bicyclic) bond motifs is 1. The summed E-state index contributed by atoms with van der Waals surface area (Å²) in [5, 5.41) is 14.4. The fourth-order valence-corrected chi connectivity index (χ4v) is 3.53. The third-order valence-corrected chi connectivity index (χ3v) is 5.04. The van der Waals surface area contributed by atoms with Gasteiger partial charge in [-0.2, -0.15) is 0 Å². The van der Waals surface area contributed by atoms with Crippen LogP contribution in [0.3, 0.4) is 0 Å². The number of benzene rings is 2. The molecule has 1 fully saturated rings. The van der Waals surface area contributed by atoms with Crippen LogP contribution in [0.4, 0.5) is 4.79 Å². The van der Waals surface area contributed by atoms with E-state index in [1.54, 1.807) is 11.9 Å². The van der Waals surface area contributed by atoms with Crippen LogP contribution in [0.1, 0.15) is 31.2 Å². The van der Waals surface area contributed by atoms with Crippen molar-refractivity contribution >= 4 is 22.8 Å². The molecule has 0 aliphatic heterocycles. The number of aliphatic carboxylic acids is 1. The maximum absolute atomic E-state index is 12.5. The molecule has 2 aromatic carbocycles. The monoisotopic (exact) mass is 340 g/mol. The van der Waals surface area contributed by atoms with Crippen LogP contribution in [0.5, 0.6) is 0 Å². The van der Waals surface area contributed by atoms with Gasteiger partial charge in [0.25, 0.3) is 0 Å². The Kier molecular flexibility index (Phi) is 5.22. The molecule has 0 atom stereocenters. The van der Waals surface area contributed by atoms with Crippen molar-refractivity contribution < 1.29 is 14.7 Å². The van der Waals surface area contributed by atoms with Crippen molar-refractivity contribution in [1.82, 2.24) is 10.2 Å². The molecule has 1 saturated carbocycles. The molecule has 0 radical (unpaired) electrons. The van der Waals surface area contributed by atoms with Gasteiger partial charge in [-0.25, -0.2) is 4.79 Å². The highest BCUT2D eigenvalue weighted by atomic mass is 16.4. The van der Waals surface area contributed by atoms with Gasteiger partial charge in [-0.3, -0.25) is 4.79 Å². The molecule has 0 aromatic heterocycles. The summed E-state index contributed by atoms with van der Waals surface area (Å²) in [7, 11) is 1.79. The maximum Gasteiger partial charge on any atom is 0.317 e. The molecule has 0 bridgehead atoms. The van der Waals surface area contributed by atoms with Gasteiger partial charge in [-0.15, -0.1) is 0 Å². The number of nitrogens with one attached hydrogen (secondary N) is 1. The molecule has 2 aromatic rings. The minimum Gasteiger partial charge on any atom is -0.481 e. The van der Waals surface area contributed by atoms with Gasteiger partial charge in [0.15, 0.2) is 0 Å². The van der Waals surface area contributed by atoms with E-state index in [0.29, 0.717) is 19.4 Å². The lowest BCUT2D eigenvalue weighted by molar-refractivity contribution is -0.142. The van der Waals surface area contributed by atoms with E-state index < -0.39 is 5.97 Å². The molecule has 0 spiro atoms. The van der Waals surface area contributed by atoms with E-state index in [4.69, 9.17) is 5.11 Å². The summed E-state index contributed by atoms with van der Waals surface area (Å²) in [5.41, 5.74) is 1.12. The number of hydrogen-bond acceptors (Lipinski definition) is 2. The highest BCUT2D eigenvalue weighted by Crippen LogP contribution is 2.25. The van der Waals surface area contributed by atoms with E-state index in [9.17, 15) is 9.59 Å². The van der Waals surface area contributed by atoms with Crippen LogP contribution in [0, 0.1) is 5.92 Å². The molecule has 5 nitrogen and oxygen atoms in total. The van der Waals surface area contributed by atoms with Crippen LogP contribution in [0.25, 0.3) is 10.8 Å². The normalized spacial score (nSPS) is 20.2. The van der Waals surface area contributed by atoms with Crippen molar-refractivity contribution in [3.63, 3.8) is 0 Å². The van der Waals surface area contributed by atoms with Crippen LogP contribution >= 0.6 is 0 Å². The van der Waals surface area contributed by atoms with E-state index in [1.807, 2.05) is 24.3 Å². The van der Waals surface area contributed by atoms with E-state index in [1.165, 1.54) is 5.39 Å². The Morgan fingerprint density at radius 1 is 1.08 bits per heavy atom. The Balaban J connectivity index is 1.59. The molecular weight excluding hydrogens is 316 g/mol. The molecule has 0 unspecified atom stereocenters. The van der Waals surface area contributed by atoms with Crippen molar-refractivity contribution in [2.24, 2.45) is 5.92 Å². The topological polar surface area (TPSA) is 69.6 Å². The molecule has 25 heavy (non-hydrogen) atoms. The Bertz CT molecular complexity index is 761. The first kappa shape index (κ1) is 17.3. The van der Waals surface area contributed by atoms with E-state index in [-0.39, 0.29) is 18.0 Å². The van der Waals surface area contributed by atoms with Crippen molar-refractivity contribution in [2.75, 3.05) is 7.05 Å². The molecule has 5 heteroatoms. The molecular formula is C20H24N2O3. The first-order valence-electron chi connectivity index (χ1n) is 8.75. The van der Waals surface area contributed by atoms with Crippen LogP contribution in [-0.2, 0) is 11.3 Å². The van der Waals surface area contributed by atoms with Gasteiger partial charge in [0.1, 0.15) is 0 Å². The lowest BCUT2D eigenvalue weighted by Gasteiger charge is -2.29. The van der Waals surface area contributed by atoms with Crippen molar-refractivity contribution in [3.05, 3.63) is 48.0 Å². The van der Waals surface area contributed by atoms with Crippen LogP contribution in [0.2, 0.25) is 0 Å². The fourth-order valence-electron chi connectivity index (χ4n) is 3.53. The highest BCUT2D eigenvalue weighted by Gasteiger charge is 2.27. The summed E-state index contributed by atoms with van der Waals surface area (Å²) in [6.07, 6.45) is 2.72. The zero-order valence-corrected chi connectivity index (χ0v) is 14.4. The Hall–Kier alpha value is -2.56. The number of carboxylic acids is 1. The Morgan fingerprint density at radius 3 is 2.48 bits per heavy atom. The highest BCUT2D eigenvalue weighted by molar-refractivity contribution is 5.86. The lowest BCUT2D eigenvalue weighted by Crippen LogP contribution is -2.44. The van der Waals surface area contributed by atoms with Gasteiger partial charge < -0.3 is 15.3 Å². The minimum atomic E-state index is -0.724. The smallest absolute Gasteiger partial charge is 0.317 e. The average Bonchev–Trinajstić information content (AvgIpc) is 2.62. The fraction of sp³-hybridized carbons (Fsp3) is 0.400. The van der Waals surface area contributed by atoms with Crippen molar-refractivity contribution in [2.45, 2.75) is 38.3 Å². The zero-order chi connectivity index (χ0) is 17.8. The third-order valence-electron chi connectivity index (χ3n) is 5.04. The number of rotatable bonds is 4. The van der Waals surface area contributed by atoms with Gasteiger partial charge in [0, 0.05) is 19.6 Å². The molecule has 2 N–H and O–H groups in total. The molecule has 132 valence electrons. The second-order valence-corrected chi connectivity index (χ2v) is 6.83. The second kappa shape index (κ2) is 7.55. The van der Waals surface area contributed by atoms with Crippen LogP contribution in [-0.4, -0.2) is 35.1 Å². The van der Waals surface area contributed by atoms with E-state index >= 15 is 0 Å². The van der Waals surface area contributed by atoms with Gasteiger partial charge in [0.05, 0.1) is 5.92 Å². The van der Waals surface area contributed by atoms with Crippen molar-refractivity contribution in [1.29, 1.82) is 0 Å². The number of nitrogens with zero attached hydrogens (tertiary/aromatic N) is 1. The summed E-state index contributed by atoms with van der Waals surface area (Å²) in [6, 6.07) is 14.2. The molecule has 2 amide bonds. The first-order chi connectivity index (χ1) is 12.0. The third kappa shape index (κ3) is 4.10. The SMILES string of the molecule is CN(Cc1cccc2ccccc12)C(=O)NC1CCC(C(=O)O)CC1. The number of urea groups is 1. The number of hydrogen-bond donors (Lipinski definition) is 2. The van der Waals surface area contributed by atoms with Crippen LogP contribution < -0.4 is 5.32 Å². The summed E-state index contributed by atoms with van der Waals surface area (Å²) in [5.74, 6) is -0.987. The lowest BCUT2D eigenvalue weighted by atomic mass is 9.86. The standard InChI is InChI=1S/C20H24N2O3/c1-22(13-16-7-4-6-14-5-2-3-8-18(14)16)20(25)21-17-11-9-15(10-12-17)19(23)24/h2-8,15,17H,9-13H2,1H3,(H,21,25)(H,23,24). The Morgan fingerprint density at radius 2 is 1.76 bits per heavy atom. The molecule has 1 aliphatic carbocycles. The minimum absolute atomic E-state index is 0.0677. The van der Waals surface area contributed by atoms with Gasteiger partial charge in [-0.1, -0.05) is 42.5 Å². The predicted molar refractivity (Wildman–Crippen MR) is 97.3 cm³/mol. The van der Waals surface area contributed by atoms with E-state index in [2.05, 4.69) is 23.5 Å². The molecule has 0 heterocycles. The summed E-state index contributed by atoms with van der Waals surface area (Å²) in [6.45, 7) is 0.539. The first-order valence-corrected chi connectivity index (χ1v) is 8.75. The largest absolute Gasteiger partial charge is 0.481 e.